The van der Waals surface area contributed by atoms with Gasteiger partial charge in [-0.25, -0.2) is 4.99 Å². The van der Waals surface area contributed by atoms with E-state index < -0.39 is 11.7 Å². The Labute approximate surface area is 145 Å². The van der Waals surface area contributed by atoms with Gasteiger partial charge in [0.1, 0.15) is 12.6 Å². The highest BCUT2D eigenvalue weighted by Crippen LogP contribution is 2.29. The van der Waals surface area contributed by atoms with Crippen LogP contribution in [0, 0.1) is 5.41 Å². The fraction of sp³-hybridized carbons (Fsp3) is 0.556. The number of carbonyl (C=O) groups excluding carboxylic acids is 1. The van der Waals surface area contributed by atoms with Crippen LogP contribution in [0.25, 0.3) is 0 Å². The summed E-state index contributed by atoms with van der Waals surface area (Å²) in [6.45, 7) is 7.71. The van der Waals surface area contributed by atoms with E-state index in [2.05, 4.69) is 10.3 Å². The lowest BCUT2D eigenvalue weighted by Crippen LogP contribution is -2.48. The highest BCUT2D eigenvalue weighted by atomic mass is 19.4. The van der Waals surface area contributed by atoms with Crippen LogP contribution in [0.4, 0.5) is 13.2 Å². The highest BCUT2D eigenvalue weighted by molar-refractivity contribution is 5.88. The molecule has 1 aromatic rings. The number of halogens is 3. The summed E-state index contributed by atoms with van der Waals surface area (Å²) in [5, 5.41) is 2.85. The summed E-state index contributed by atoms with van der Waals surface area (Å²) in [6, 6.07) is 4.56. The van der Waals surface area contributed by atoms with Crippen molar-refractivity contribution in [2.75, 3.05) is 6.61 Å². The Hall–Kier alpha value is -2.05. The minimum absolute atomic E-state index is 0.169. The predicted octanol–water partition coefficient (Wildman–Crippen LogP) is 3.60. The Morgan fingerprint density at radius 2 is 1.88 bits per heavy atom. The first-order chi connectivity index (χ1) is 11.5. The molecule has 1 N–H and O–H groups in total. The Kier molecular flexibility index (Phi) is 5.44. The Morgan fingerprint density at radius 3 is 2.36 bits per heavy atom. The zero-order valence-electron chi connectivity index (χ0n) is 14.8. The summed E-state index contributed by atoms with van der Waals surface area (Å²) in [7, 11) is 0. The molecule has 0 saturated heterocycles. The molecular weight excluding hydrogens is 333 g/mol. The number of benzene rings is 1. The van der Waals surface area contributed by atoms with Crippen molar-refractivity contribution in [3.8, 4) is 0 Å². The van der Waals surface area contributed by atoms with E-state index in [4.69, 9.17) is 4.74 Å². The Balaban J connectivity index is 2.08. The van der Waals surface area contributed by atoms with Gasteiger partial charge in [0.2, 0.25) is 11.8 Å². The average Bonchev–Trinajstić information content (AvgIpc) is 2.91. The normalized spacial score (nSPS) is 19.2. The zero-order valence-corrected chi connectivity index (χ0v) is 14.8. The van der Waals surface area contributed by atoms with Crippen LogP contribution >= 0.6 is 0 Å². The molecule has 0 aliphatic carbocycles. The largest absolute Gasteiger partial charge is 0.477 e. The van der Waals surface area contributed by atoms with Gasteiger partial charge >= 0.3 is 6.18 Å². The summed E-state index contributed by atoms with van der Waals surface area (Å²) in [4.78, 5) is 16.0. The molecule has 0 bridgehead atoms. The molecule has 4 nitrogen and oxygen atoms in total. The summed E-state index contributed by atoms with van der Waals surface area (Å²) in [6.07, 6.45) is -3.85. The van der Waals surface area contributed by atoms with Crippen molar-refractivity contribution in [1.82, 2.24) is 5.32 Å². The first-order valence-corrected chi connectivity index (χ1v) is 8.10. The monoisotopic (exact) mass is 356 g/mol. The van der Waals surface area contributed by atoms with Crippen LogP contribution in [-0.4, -0.2) is 30.5 Å². The Bertz CT molecular complexity index is 646. The van der Waals surface area contributed by atoms with E-state index in [1.807, 2.05) is 20.8 Å². The number of hydrogen-bond donors (Lipinski definition) is 1. The van der Waals surface area contributed by atoms with E-state index in [1.54, 1.807) is 0 Å². The number of hydrogen-bond acceptors (Lipinski definition) is 3. The first kappa shape index (κ1) is 19.3. The summed E-state index contributed by atoms with van der Waals surface area (Å²) < 4.78 is 43.5. The van der Waals surface area contributed by atoms with Gasteiger partial charge in [-0.1, -0.05) is 32.9 Å². The molecule has 25 heavy (non-hydrogen) atoms. The predicted molar refractivity (Wildman–Crippen MR) is 89.4 cm³/mol. The van der Waals surface area contributed by atoms with Gasteiger partial charge in [0.15, 0.2) is 0 Å². The van der Waals surface area contributed by atoms with Gasteiger partial charge in [-0.3, -0.25) is 4.79 Å². The minimum Gasteiger partial charge on any atom is -0.477 e. The molecule has 1 aromatic carbocycles. The lowest BCUT2D eigenvalue weighted by atomic mass is 9.86. The summed E-state index contributed by atoms with van der Waals surface area (Å²) in [5.41, 5.74) is -0.173. The van der Waals surface area contributed by atoms with E-state index >= 15 is 0 Å². The van der Waals surface area contributed by atoms with Gasteiger partial charge in [-0.15, -0.1) is 0 Å². The third-order valence-electron chi connectivity index (χ3n) is 3.95. The SMILES string of the molecule is CC(=O)N[C@H](C1=N[C@@H](Cc2ccc(C(F)(F)F)cc2)CO1)C(C)(C)C. The van der Waals surface area contributed by atoms with Crippen molar-refractivity contribution in [2.45, 2.75) is 52.4 Å². The molecule has 7 heteroatoms. The van der Waals surface area contributed by atoms with Crippen molar-refractivity contribution in [3.63, 3.8) is 0 Å². The molecule has 0 aromatic heterocycles. The minimum atomic E-state index is -4.33. The lowest BCUT2D eigenvalue weighted by molar-refractivity contribution is -0.137. The number of aliphatic imine (C=N–C) groups is 1. The van der Waals surface area contributed by atoms with Crippen LogP contribution < -0.4 is 5.32 Å². The molecule has 0 spiro atoms. The quantitative estimate of drug-likeness (QED) is 0.896. The maximum absolute atomic E-state index is 12.6. The van der Waals surface area contributed by atoms with Gasteiger partial charge in [-0.2, -0.15) is 13.2 Å². The van der Waals surface area contributed by atoms with Crippen LogP contribution in [0.5, 0.6) is 0 Å². The average molecular weight is 356 g/mol. The van der Waals surface area contributed by atoms with Crippen LogP contribution in [-0.2, 0) is 22.1 Å². The second-order valence-electron chi connectivity index (χ2n) is 7.33. The molecule has 2 atom stereocenters. The van der Waals surface area contributed by atoms with Crippen molar-refractivity contribution < 1.29 is 22.7 Å². The molecule has 1 heterocycles. The van der Waals surface area contributed by atoms with Crippen molar-refractivity contribution in [1.29, 1.82) is 0 Å². The lowest BCUT2D eigenvalue weighted by Gasteiger charge is -2.30. The second-order valence-corrected chi connectivity index (χ2v) is 7.33. The van der Waals surface area contributed by atoms with E-state index in [0.717, 1.165) is 17.7 Å². The van der Waals surface area contributed by atoms with Crippen LogP contribution in [0.1, 0.15) is 38.8 Å². The number of alkyl halides is 3. The smallest absolute Gasteiger partial charge is 0.416 e. The number of rotatable bonds is 4. The maximum Gasteiger partial charge on any atom is 0.416 e. The Morgan fingerprint density at radius 1 is 1.28 bits per heavy atom. The summed E-state index contributed by atoms with van der Waals surface area (Å²) >= 11 is 0. The van der Waals surface area contributed by atoms with Crippen LogP contribution in [0.2, 0.25) is 0 Å². The molecule has 0 radical (unpaired) electrons. The number of amides is 1. The van der Waals surface area contributed by atoms with Gasteiger partial charge in [0.25, 0.3) is 0 Å². The zero-order chi connectivity index (χ0) is 18.8. The third kappa shape index (κ3) is 5.21. The molecule has 1 aliphatic heterocycles. The first-order valence-electron chi connectivity index (χ1n) is 8.10. The second kappa shape index (κ2) is 7.06. The van der Waals surface area contributed by atoms with Gasteiger partial charge in [0, 0.05) is 6.92 Å². The van der Waals surface area contributed by atoms with Gasteiger partial charge < -0.3 is 10.1 Å². The maximum atomic E-state index is 12.6. The van der Waals surface area contributed by atoms with E-state index in [0.29, 0.717) is 18.9 Å². The third-order valence-corrected chi connectivity index (χ3v) is 3.95. The topological polar surface area (TPSA) is 50.7 Å². The van der Waals surface area contributed by atoms with E-state index in [-0.39, 0.29) is 23.4 Å². The van der Waals surface area contributed by atoms with Crippen molar-refractivity contribution in [2.24, 2.45) is 10.4 Å². The number of carbonyl (C=O) groups is 1. The standard InChI is InChI=1S/C18H23F3N2O2/c1-11(24)22-15(17(2,3)4)16-23-14(10-25-16)9-12-5-7-13(8-6-12)18(19,20)21/h5-8,14-15H,9-10H2,1-4H3,(H,22,24)/t14-,15+/m0/s1. The molecule has 0 unspecified atom stereocenters. The van der Waals surface area contributed by atoms with Gasteiger partial charge in [0.05, 0.1) is 11.6 Å². The van der Waals surface area contributed by atoms with Crippen molar-refractivity contribution in [3.05, 3.63) is 35.4 Å². The highest BCUT2D eigenvalue weighted by Gasteiger charge is 2.35. The van der Waals surface area contributed by atoms with E-state index in [1.165, 1.54) is 19.1 Å². The van der Waals surface area contributed by atoms with Crippen LogP contribution in [0.3, 0.4) is 0 Å². The molecule has 1 aliphatic rings. The molecule has 1 amide bonds. The van der Waals surface area contributed by atoms with Crippen molar-refractivity contribution >= 4 is 11.8 Å². The van der Waals surface area contributed by atoms with E-state index in [9.17, 15) is 18.0 Å². The fourth-order valence-electron chi connectivity index (χ4n) is 2.65. The van der Waals surface area contributed by atoms with Gasteiger partial charge in [-0.05, 0) is 29.5 Å². The molecule has 2 rings (SSSR count). The molecule has 138 valence electrons. The number of nitrogens with zero attached hydrogens (tertiary/aromatic N) is 1. The number of ether oxygens (including phenoxy) is 1. The molecular formula is C18H23F3N2O2. The van der Waals surface area contributed by atoms with Crippen LogP contribution in [0.15, 0.2) is 29.3 Å². The molecule has 0 saturated carbocycles. The summed E-state index contributed by atoms with van der Waals surface area (Å²) in [5.74, 6) is 0.303. The molecule has 0 fully saturated rings. The fourth-order valence-corrected chi connectivity index (χ4v) is 2.65. The number of nitrogens with one attached hydrogen (secondary N) is 1.